The summed E-state index contributed by atoms with van der Waals surface area (Å²) in [5, 5.41) is 0. The molecule has 0 fully saturated rings. The van der Waals surface area contributed by atoms with Gasteiger partial charge in [0.05, 0.1) is 35.6 Å². The Morgan fingerprint density at radius 3 is 2.54 bits per heavy atom. The molecule has 0 aliphatic carbocycles. The van der Waals surface area contributed by atoms with E-state index in [2.05, 4.69) is 0 Å². The summed E-state index contributed by atoms with van der Waals surface area (Å²) < 4.78 is 26.5. The molecule has 6 nitrogen and oxygen atoms in total. The predicted octanol–water partition coefficient (Wildman–Crippen LogP) is 4.08. The molecule has 0 saturated carbocycles. The number of hydrogen-bond acceptors (Lipinski definition) is 6. The fraction of sp³-hybridized carbons (Fsp3) is 0.138. The highest BCUT2D eigenvalue weighted by atomic mass is 32.1. The molecule has 3 aromatic carbocycles. The number of nitrogens with zero attached hydrogens (tertiary/aromatic N) is 2. The number of rotatable bonds is 6. The Balaban J connectivity index is 1.81. The van der Waals surface area contributed by atoms with Crippen molar-refractivity contribution in [3.05, 3.63) is 127 Å². The van der Waals surface area contributed by atoms with Gasteiger partial charge in [0.15, 0.2) is 4.80 Å². The summed E-state index contributed by atoms with van der Waals surface area (Å²) in [6.07, 6.45) is 1.77. The molecule has 0 N–H and O–H groups in total. The molecular formula is C29H23FN2O4S. The maximum Gasteiger partial charge on any atom is 0.338 e. The summed E-state index contributed by atoms with van der Waals surface area (Å²) in [5.74, 6) is -0.331. The lowest BCUT2D eigenvalue weighted by Crippen LogP contribution is -2.40. The summed E-state index contributed by atoms with van der Waals surface area (Å²) >= 11 is 1.22. The number of halogens is 1. The molecule has 1 aliphatic heterocycles. The molecular weight excluding hydrogens is 491 g/mol. The van der Waals surface area contributed by atoms with Crippen LogP contribution in [0.3, 0.4) is 0 Å². The Bertz CT molecular complexity index is 1670. The van der Waals surface area contributed by atoms with E-state index in [1.165, 1.54) is 28.0 Å². The molecule has 1 atom stereocenters. The van der Waals surface area contributed by atoms with E-state index in [0.717, 1.165) is 5.56 Å². The molecule has 1 aliphatic rings. The SMILES string of the molecule is CCOC(=O)C1=C(c2ccccc2)N=c2s/c(=C/c3cccc(OC)c3)c(=O)n2[C@@H]1c1ccc(F)cc1. The van der Waals surface area contributed by atoms with Crippen molar-refractivity contribution in [2.45, 2.75) is 13.0 Å². The van der Waals surface area contributed by atoms with Crippen LogP contribution in [0.1, 0.15) is 29.7 Å². The van der Waals surface area contributed by atoms with Crippen LogP contribution in [0, 0.1) is 5.82 Å². The summed E-state index contributed by atoms with van der Waals surface area (Å²) in [5.41, 5.74) is 2.40. The van der Waals surface area contributed by atoms with Crippen LogP contribution < -0.4 is 19.6 Å². The maximum atomic E-state index is 13.9. The smallest absolute Gasteiger partial charge is 0.338 e. The summed E-state index contributed by atoms with van der Waals surface area (Å²) in [6.45, 7) is 1.87. The molecule has 5 rings (SSSR count). The van der Waals surface area contributed by atoms with Crippen LogP contribution in [0.25, 0.3) is 11.8 Å². The van der Waals surface area contributed by atoms with Gasteiger partial charge in [-0.1, -0.05) is 65.9 Å². The molecule has 0 bridgehead atoms. The number of aromatic nitrogens is 1. The zero-order valence-corrected chi connectivity index (χ0v) is 21.0. The second-order valence-electron chi connectivity index (χ2n) is 8.26. The summed E-state index contributed by atoms with van der Waals surface area (Å²) in [7, 11) is 1.58. The number of fused-ring (bicyclic) bond motifs is 1. The van der Waals surface area contributed by atoms with Gasteiger partial charge in [-0.05, 0) is 48.4 Å². The Hall–Kier alpha value is -4.30. The van der Waals surface area contributed by atoms with Crippen molar-refractivity contribution in [3.8, 4) is 5.75 Å². The number of ether oxygens (including phenoxy) is 2. The Morgan fingerprint density at radius 2 is 1.84 bits per heavy atom. The lowest BCUT2D eigenvalue weighted by Gasteiger charge is -2.25. The molecule has 37 heavy (non-hydrogen) atoms. The maximum absolute atomic E-state index is 13.9. The minimum Gasteiger partial charge on any atom is -0.497 e. The Labute approximate surface area is 216 Å². The third-order valence-electron chi connectivity index (χ3n) is 5.95. The fourth-order valence-corrected chi connectivity index (χ4v) is 5.28. The molecule has 0 radical (unpaired) electrons. The Kier molecular flexibility index (Phi) is 6.83. The van der Waals surface area contributed by atoms with Crippen LogP contribution >= 0.6 is 11.3 Å². The van der Waals surface area contributed by atoms with Crippen LogP contribution in [0.2, 0.25) is 0 Å². The van der Waals surface area contributed by atoms with E-state index in [4.69, 9.17) is 14.5 Å². The van der Waals surface area contributed by atoms with Gasteiger partial charge in [-0.15, -0.1) is 0 Å². The van der Waals surface area contributed by atoms with Crippen molar-refractivity contribution >= 4 is 29.1 Å². The van der Waals surface area contributed by atoms with E-state index in [-0.39, 0.29) is 17.7 Å². The van der Waals surface area contributed by atoms with Gasteiger partial charge in [0.2, 0.25) is 0 Å². The van der Waals surface area contributed by atoms with Crippen molar-refractivity contribution in [2.75, 3.05) is 13.7 Å². The predicted molar refractivity (Wildman–Crippen MR) is 140 cm³/mol. The molecule has 0 unspecified atom stereocenters. The number of hydrogen-bond donors (Lipinski definition) is 0. The summed E-state index contributed by atoms with van der Waals surface area (Å²) in [4.78, 5) is 32.4. The van der Waals surface area contributed by atoms with Crippen molar-refractivity contribution in [1.29, 1.82) is 0 Å². The quantitative estimate of drug-likeness (QED) is 0.364. The first kappa shape index (κ1) is 24.4. The molecule has 0 saturated heterocycles. The zero-order chi connectivity index (χ0) is 25.9. The fourth-order valence-electron chi connectivity index (χ4n) is 4.28. The van der Waals surface area contributed by atoms with Crippen molar-refractivity contribution in [3.63, 3.8) is 0 Å². The van der Waals surface area contributed by atoms with Crippen molar-refractivity contribution < 1.29 is 18.7 Å². The topological polar surface area (TPSA) is 69.9 Å². The highest BCUT2D eigenvalue weighted by Gasteiger charge is 2.35. The lowest BCUT2D eigenvalue weighted by atomic mass is 9.93. The van der Waals surface area contributed by atoms with Crippen molar-refractivity contribution in [2.24, 2.45) is 4.99 Å². The van der Waals surface area contributed by atoms with E-state index in [9.17, 15) is 14.0 Å². The Morgan fingerprint density at radius 1 is 1.08 bits per heavy atom. The molecule has 4 aromatic rings. The minimum absolute atomic E-state index is 0.154. The largest absolute Gasteiger partial charge is 0.497 e. The molecule has 0 amide bonds. The van der Waals surface area contributed by atoms with Gasteiger partial charge < -0.3 is 9.47 Å². The van der Waals surface area contributed by atoms with Crippen LogP contribution in [0.5, 0.6) is 5.75 Å². The third-order valence-corrected chi connectivity index (χ3v) is 6.93. The zero-order valence-electron chi connectivity index (χ0n) is 20.2. The average Bonchev–Trinajstić information content (AvgIpc) is 3.23. The van der Waals surface area contributed by atoms with E-state index >= 15 is 0 Å². The van der Waals surface area contributed by atoms with E-state index in [0.29, 0.717) is 31.9 Å². The van der Waals surface area contributed by atoms with Gasteiger partial charge in [-0.2, -0.15) is 0 Å². The van der Waals surface area contributed by atoms with E-state index in [1.807, 2.05) is 54.6 Å². The van der Waals surface area contributed by atoms with Crippen LogP contribution in [-0.2, 0) is 9.53 Å². The second kappa shape index (κ2) is 10.4. The monoisotopic (exact) mass is 514 g/mol. The molecule has 2 heterocycles. The molecule has 1 aromatic heterocycles. The van der Waals surface area contributed by atoms with Crippen LogP contribution in [0.4, 0.5) is 4.39 Å². The van der Waals surface area contributed by atoms with E-state index in [1.54, 1.807) is 32.2 Å². The number of esters is 1. The molecule has 8 heteroatoms. The third kappa shape index (κ3) is 4.75. The van der Waals surface area contributed by atoms with Gasteiger partial charge in [0.25, 0.3) is 5.56 Å². The number of carbonyl (C=O) groups is 1. The van der Waals surface area contributed by atoms with Crippen molar-refractivity contribution in [1.82, 2.24) is 4.57 Å². The van der Waals surface area contributed by atoms with Gasteiger partial charge in [-0.25, -0.2) is 14.2 Å². The normalized spacial score (nSPS) is 15.2. The average molecular weight is 515 g/mol. The number of benzene rings is 3. The lowest BCUT2D eigenvalue weighted by molar-refractivity contribution is -0.138. The first-order chi connectivity index (χ1) is 18.0. The number of carbonyl (C=O) groups excluding carboxylic acids is 1. The van der Waals surface area contributed by atoms with Gasteiger partial charge in [-0.3, -0.25) is 9.36 Å². The van der Waals surface area contributed by atoms with Gasteiger partial charge >= 0.3 is 5.97 Å². The molecule has 0 spiro atoms. The standard InChI is InChI=1S/C29H23FN2O4S/c1-3-36-28(34)24-25(19-9-5-4-6-10-19)31-29-32(26(24)20-12-14-21(30)15-13-20)27(33)23(37-29)17-18-8-7-11-22(16-18)35-2/h4-17,26H,3H2,1-2H3/b23-17+/t26-/m1/s1. The highest BCUT2D eigenvalue weighted by Crippen LogP contribution is 2.35. The first-order valence-corrected chi connectivity index (χ1v) is 12.5. The van der Waals surface area contributed by atoms with Crippen LogP contribution in [-0.4, -0.2) is 24.3 Å². The minimum atomic E-state index is -0.849. The number of thiazole rings is 1. The number of methoxy groups -OCH3 is 1. The van der Waals surface area contributed by atoms with Crippen LogP contribution in [0.15, 0.2) is 94.2 Å². The van der Waals surface area contributed by atoms with Gasteiger partial charge in [0.1, 0.15) is 11.6 Å². The second-order valence-corrected chi connectivity index (χ2v) is 9.27. The first-order valence-electron chi connectivity index (χ1n) is 11.7. The summed E-state index contributed by atoms with van der Waals surface area (Å²) in [6, 6.07) is 21.6. The van der Waals surface area contributed by atoms with Gasteiger partial charge in [0, 0.05) is 5.56 Å². The highest BCUT2D eigenvalue weighted by molar-refractivity contribution is 7.07. The van der Waals surface area contributed by atoms with E-state index < -0.39 is 17.8 Å². The molecule has 186 valence electrons.